The van der Waals surface area contributed by atoms with Crippen LogP contribution in [0, 0.1) is 0 Å². The van der Waals surface area contributed by atoms with Crippen LogP contribution in [0.4, 0.5) is 0 Å². The molecule has 0 aliphatic carbocycles. The van der Waals surface area contributed by atoms with E-state index in [1.807, 2.05) is 7.05 Å². The molecule has 0 saturated carbocycles. The molecule has 8 heteroatoms. The van der Waals surface area contributed by atoms with E-state index in [9.17, 15) is 8.42 Å². The topological polar surface area (TPSA) is 74.6 Å². The molecule has 0 aromatic carbocycles. The molecule has 21 heavy (non-hydrogen) atoms. The molecule has 120 valence electrons. The van der Waals surface area contributed by atoms with E-state index >= 15 is 0 Å². The van der Waals surface area contributed by atoms with Gasteiger partial charge in [-0.05, 0) is 49.4 Å². The largest absolute Gasteiger partial charge is 0.452 e. The number of furan rings is 1. The molecule has 1 saturated heterocycles. The molecule has 1 aliphatic heterocycles. The summed E-state index contributed by atoms with van der Waals surface area (Å²) in [6, 6.07) is 1.81. The number of likely N-dealkylation sites (tertiary alicyclic amines) is 1. The van der Waals surface area contributed by atoms with E-state index in [0.717, 1.165) is 19.4 Å². The molecule has 1 atom stereocenters. The Kier molecular flexibility index (Phi) is 5.84. The first-order chi connectivity index (χ1) is 9.94. The minimum absolute atomic E-state index is 0.159. The van der Waals surface area contributed by atoms with Gasteiger partial charge in [-0.3, -0.25) is 0 Å². The first-order valence-electron chi connectivity index (χ1n) is 7.06. The molecule has 1 aliphatic rings. The normalized spacial score (nSPS) is 20.8. The zero-order valence-electron chi connectivity index (χ0n) is 12.4. The third-order valence-electron chi connectivity index (χ3n) is 3.78. The number of hydrogen-bond acceptors (Lipinski definition) is 5. The number of piperidine rings is 1. The molecular formula is C13H22BrN3O3S. The van der Waals surface area contributed by atoms with Crippen molar-refractivity contribution >= 4 is 26.0 Å². The van der Waals surface area contributed by atoms with Crippen LogP contribution < -0.4 is 10.0 Å². The number of nitrogens with zero attached hydrogens (tertiary/aromatic N) is 1. The van der Waals surface area contributed by atoms with E-state index in [4.69, 9.17) is 4.42 Å². The third-order valence-corrected chi connectivity index (χ3v) is 6.06. The molecule has 0 radical (unpaired) electrons. The average molecular weight is 380 g/mol. The fourth-order valence-corrected chi connectivity index (χ4v) is 4.60. The Bertz CT molecular complexity index is 573. The van der Waals surface area contributed by atoms with Crippen molar-refractivity contribution in [2.75, 3.05) is 27.2 Å². The maximum Gasteiger partial charge on any atom is 0.245 e. The smallest absolute Gasteiger partial charge is 0.245 e. The Labute approximate surface area is 134 Å². The summed E-state index contributed by atoms with van der Waals surface area (Å²) >= 11 is 3.18. The van der Waals surface area contributed by atoms with Gasteiger partial charge in [-0.2, -0.15) is 0 Å². The second kappa shape index (κ2) is 7.23. The fraction of sp³-hybridized carbons (Fsp3) is 0.692. The Hall–Kier alpha value is -0.410. The first kappa shape index (κ1) is 17.0. The summed E-state index contributed by atoms with van der Waals surface area (Å²) in [6.45, 7) is 1.94. The van der Waals surface area contributed by atoms with Crippen molar-refractivity contribution in [2.24, 2.45) is 0 Å². The lowest BCUT2D eigenvalue weighted by atomic mass is 10.0. The number of rotatable bonds is 6. The van der Waals surface area contributed by atoms with Crippen molar-refractivity contribution in [1.29, 1.82) is 0 Å². The van der Waals surface area contributed by atoms with E-state index in [-0.39, 0.29) is 15.6 Å². The minimum Gasteiger partial charge on any atom is -0.452 e. The molecule has 0 spiro atoms. The van der Waals surface area contributed by atoms with Gasteiger partial charge in [0, 0.05) is 18.7 Å². The number of halogens is 1. The fourth-order valence-electron chi connectivity index (χ4n) is 2.53. The van der Waals surface area contributed by atoms with Crippen LogP contribution >= 0.6 is 15.9 Å². The van der Waals surface area contributed by atoms with Crippen LogP contribution in [0.5, 0.6) is 0 Å². The lowest BCUT2D eigenvalue weighted by Crippen LogP contribution is -2.44. The number of hydrogen-bond donors (Lipinski definition) is 2. The van der Waals surface area contributed by atoms with E-state index in [1.165, 1.54) is 6.42 Å². The molecule has 0 amide bonds. The monoisotopic (exact) mass is 379 g/mol. The molecule has 1 fully saturated rings. The van der Waals surface area contributed by atoms with Gasteiger partial charge in [-0.25, -0.2) is 13.1 Å². The zero-order chi connectivity index (χ0) is 15.5. The lowest BCUT2D eigenvalue weighted by Gasteiger charge is -2.32. The van der Waals surface area contributed by atoms with Crippen molar-refractivity contribution in [3.05, 3.63) is 16.5 Å². The van der Waals surface area contributed by atoms with Crippen molar-refractivity contribution < 1.29 is 12.8 Å². The summed E-state index contributed by atoms with van der Waals surface area (Å²) in [5, 5.41) is 2.93. The molecule has 0 bridgehead atoms. The molecule has 2 N–H and O–H groups in total. The van der Waals surface area contributed by atoms with Gasteiger partial charge in [-0.1, -0.05) is 6.42 Å². The van der Waals surface area contributed by atoms with Crippen LogP contribution in [0.15, 0.2) is 20.0 Å². The molecule has 1 unspecified atom stereocenters. The molecule has 2 heterocycles. The Balaban J connectivity index is 2.04. The molecule has 1 aromatic heterocycles. The standard InChI is InChI=1S/C13H22BrN3O3S/c1-15-9-11-7-12(13(14)20-11)21(18,19)16-8-10-5-3-4-6-17(10)2/h7,10,15-16H,3-6,8-9H2,1-2H3. The average Bonchev–Trinajstić information content (AvgIpc) is 2.80. The van der Waals surface area contributed by atoms with Crippen molar-refractivity contribution in [3.8, 4) is 0 Å². The Morgan fingerprint density at radius 2 is 2.24 bits per heavy atom. The quantitative estimate of drug-likeness (QED) is 0.783. The first-order valence-corrected chi connectivity index (χ1v) is 9.34. The van der Waals surface area contributed by atoms with Gasteiger partial charge < -0.3 is 14.6 Å². The SMILES string of the molecule is CNCc1cc(S(=O)(=O)NCC2CCCCN2C)c(Br)o1. The van der Waals surface area contributed by atoms with Gasteiger partial charge in [0.15, 0.2) is 4.67 Å². The molecular weight excluding hydrogens is 358 g/mol. The van der Waals surface area contributed by atoms with E-state index in [0.29, 0.717) is 18.8 Å². The van der Waals surface area contributed by atoms with Crippen molar-refractivity contribution in [3.63, 3.8) is 0 Å². The van der Waals surface area contributed by atoms with Crippen molar-refractivity contribution in [2.45, 2.75) is 36.7 Å². The van der Waals surface area contributed by atoms with Gasteiger partial charge in [0.25, 0.3) is 0 Å². The molecule has 2 rings (SSSR count). The van der Waals surface area contributed by atoms with Crippen LogP contribution in [-0.2, 0) is 16.6 Å². The minimum atomic E-state index is -3.56. The number of nitrogens with one attached hydrogen (secondary N) is 2. The summed E-state index contributed by atoms with van der Waals surface area (Å²) in [5.41, 5.74) is 0. The Morgan fingerprint density at radius 3 is 2.90 bits per heavy atom. The Morgan fingerprint density at radius 1 is 1.48 bits per heavy atom. The third kappa shape index (κ3) is 4.29. The second-order valence-electron chi connectivity index (χ2n) is 5.36. The van der Waals surface area contributed by atoms with Gasteiger partial charge in [0.05, 0.1) is 6.54 Å². The van der Waals surface area contributed by atoms with Crippen molar-refractivity contribution in [1.82, 2.24) is 14.9 Å². The van der Waals surface area contributed by atoms with Crippen LogP contribution in [0.3, 0.4) is 0 Å². The van der Waals surface area contributed by atoms with Crippen LogP contribution in [0.25, 0.3) is 0 Å². The molecule has 1 aromatic rings. The zero-order valence-corrected chi connectivity index (χ0v) is 14.8. The predicted molar refractivity (Wildman–Crippen MR) is 84.6 cm³/mol. The van der Waals surface area contributed by atoms with Crippen LogP contribution in [0.2, 0.25) is 0 Å². The van der Waals surface area contributed by atoms with Gasteiger partial charge in [-0.15, -0.1) is 0 Å². The summed E-state index contributed by atoms with van der Waals surface area (Å²) in [5.74, 6) is 0.583. The van der Waals surface area contributed by atoms with Gasteiger partial charge in [0.1, 0.15) is 10.7 Å². The maximum atomic E-state index is 12.4. The predicted octanol–water partition coefficient (Wildman–Crippen LogP) is 1.52. The summed E-state index contributed by atoms with van der Waals surface area (Å²) < 4.78 is 33.1. The van der Waals surface area contributed by atoms with Crippen LogP contribution in [-0.4, -0.2) is 46.5 Å². The van der Waals surface area contributed by atoms with E-state index < -0.39 is 10.0 Å². The lowest BCUT2D eigenvalue weighted by molar-refractivity contribution is 0.187. The van der Waals surface area contributed by atoms with Crippen LogP contribution in [0.1, 0.15) is 25.0 Å². The second-order valence-corrected chi connectivity index (χ2v) is 7.82. The highest BCUT2D eigenvalue weighted by molar-refractivity contribution is 9.10. The van der Waals surface area contributed by atoms with Gasteiger partial charge in [0.2, 0.25) is 10.0 Å². The number of likely N-dealkylation sites (N-methyl/N-ethyl adjacent to an activating group) is 1. The van der Waals surface area contributed by atoms with E-state index in [2.05, 4.69) is 30.9 Å². The van der Waals surface area contributed by atoms with E-state index in [1.54, 1.807) is 13.1 Å². The highest BCUT2D eigenvalue weighted by Crippen LogP contribution is 2.26. The highest BCUT2D eigenvalue weighted by Gasteiger charge is 2.25. The summed E-state index contributed by atoms with van der Waals surface area (Å²) in [7, 11) is 0.262. The van der Waals surface area contributed by atoms with Gasteiger partial charge >= 0.3 is 0 Å². The summed E-state index contributed by atoms with van der Waals surface area (Å²) in [6.07, 6.45) is 3.36. The maximum absolute atomic E-state index is 12.4. The summed E-state index contributed by atoms with van der Waals surface area (Å²) in [4.78, 5) is 2.37. The highest BCUT2D eigenvalue weighted by atomic mass is 79.9. The number of sulfonamides is 1. The molecule has 6 nitrogen and oxygen atoms in total.